The molecular formula is C13H20F3N5. The van der Waals surface area contributed by atoms with E-state index in [1.807, 2.05) is 0 Å². The van der Waals surface area contributed by atoms with E-state index in [4.69, 9.17) is 5.73 Å². The first-order valence-electron chi connectivity index (χ1n) is 6.91. The van der Waals surface area contributed by atoms with E-state index in [0.717, 1.165) is 31.9 Å². The minimum Gasteiger partial charge on any atom is -0.362 e. The Morgan fingerprint density at radius 3 is 2.38 bits per heavy atom. The first kappa shape index (κ1) is 15.8. The molecule has 21 heavy (non-hydrogen) atoms. The number of rotatable bonds is 3. The molecule has 0 bridgehead atoms. The van der Waals surface area contributed by atoms with Crippen LogP contribution in [0, 0.1) is 0 Å². The van der Waals surface area contributed by atoms with Crippen LogP contribution >= 0.6 is 0 Å². The molecule has 0 spiro atoms. The normalized spacial score (nSPS) is 23.0. The average molecular weight is 303 g/mol. The van der Waals surface area contributed by atoms with Gasteiger partial charge in [0.2, 0.25) is 5.95 Å². The monoisotopic (exact) mass is 303 g/mol. The molecule has 2 rings (SSSR count). The summed E-state index contributed by atoms with van der Waals surface area (Å²) in [5, 5.41) is 3.10. The molecule has 1 aromatic heterocycles. The number of nitrogens with zero attached hydrogens (tertiary/aromatic N) is 3. The first-order valence-corrected chi connectivity index (χ1v) is 6.91. The molecule has 0 radical (unpaired) electrons. The van der Waals surface area contributed by atoms with Crippen LogP contribution in [0.1, 0.15) is 31.2 Å². The Balaban J connectivity index is 2.16. The van der Waals surface area contributed by atoms with Gasteiger partial charge < -0.3 is 16.0 Å². The van der Waals surface area contributed by atoms with Gasteiger partial charge in [-0.2, -0.15) is 18.2 Å². The van der Waals surface area contributed by atoms with Gasteiger partial charge >= 0.3 is 6.18 Å². The molecule has 3 N–H and O–H groups in total. The third-order valence-corrected chi connectivity index (χ3v) is 3.60. The Morgan fingerprint density at radius 1 is 1.24 bits per heavy atom. The standard InChI is InChI=1S/C13H20F3N5/c1-21(2)11-10(13(14,15)16)7-18-12(20-11)19-9-5-3-8(17)4-6-9/h7-9H,3-6,17H2,1-2H3,(H,18,19,20). The van der Waals surface area contributed by atoms with Gasteiger partial charge in [0.1, 0.15) is 11.4 Å². The molecule has 0 amide bonds. The molecule has 0 aliphatic heterocycles. The number of alkyl halides is 3. The maximum absolute atomic E-state index is 12.9. The van der Waals surface area contributed by atoms with Crippen molar-refractivity contribution in [3.05, 3.63) is 11.8 Å². The molecule has 0 atom stereocenters. The second-order valence-corrected chi connectivity index (χ2v) is 5.58. The third kappa shape index (κ3) is 3.96. The van der Waals surface area contributed by atoms with E-state index in [1.54, 1.807) is 0 Å². The molecular weight excluding hydrogens is 283 g/mol. The van der Waals surface area contributed by atoms with Gasteiger partial charge in [-0.3, -0.25) is 0 Å². The summed E-state index contributed by atoms with van der Waals surface area (Å²) in [6.45, 7) is 0. The van der Waals surface area contributed by atoms with E-state index in [-0.39, 0.29) is 23.8 Å². The second-order valence-electron chi connectivity index (χ2n) is 5.58. The lowest BCUT2D eigenvalue weighted by Crippen LogP contribution is -2.33. The SMILES string of the molecule is CN(C)c1nc(NC2CCC(N)CC2)ncc1C(F)(F)F. The highest BCUT2D eigenvalue weighted by Crippen LogP contribution is 2.35. The zero-order valence-corrected chi connectivity index (χ0v) is 12.1. The Hall–Kier alpha value is -1.57. The number of hydrogen-bond acceptors (Lipinski definition) is 5. The van der Waals surface area contributed by atoms with Crippen molar-refractivity contribution in [3.63, 3.8) is 0 Å². The van der Waals surface area contributed by atoms with E-state index in [1.165, 1.54) is 19.0 Å². The van der Waals surface area contributed by atoms with Crippen molar-refractivity contribution in [2.45, 2.75) is 43.9 Å². The summed E-state index contributed by atoms with van der Waals surface area (Å²) >= 11 is 0. The molecule has 1 fully saturated rings. The van der Waals surface area contributed by atoms with Crippen LogP contribution in [0.15, 0.2) is 6.20 Å². The highest BCUT2D eigenvalue weighted by molar-refractivity contribution is 5.50. The zero-order chi connectivity index (χ0) is 15.6. The van der Waals surface area contributed by atoms with Gasteiger partial charge in [-0.05, 0) is 25.7 Å². The maximum Gasteiger partial charge on any atom is 0.421 e. The summed E-state index contributed by atoms with van der Waals surface area (Å²) in [5.41, 5.74) is 5.00. The molecule has 118 valence electrons. The van der Waals surface area contributed by atoms with Gasteiger partial charge in [-0.15, -0.1) is 0 Å². The number of anilines is 2. The average Bonchev–Trinajstić information content (AvgIpc) is 2.40. The number of aromatic nitrogens is 2. The summed E-state index contributed by atoms with van der Waals surface area (Å²) in [7, 11) is 3.06. The molecule has 1 saturated carbocycles. The fourth-order valence-corrected chi connectivity index (χ4v) is 2.43. The maximum atomic E-state index is 12.9. The Labute approximate surface area is 121 Å². The van der Waals surface area contributed by atoms with Gasteiger partial charge in [0.15, 0.2) is 0 Å². The molecule has 1 aromatic rings. The van der Waals surface area contributed by atoms with Gasteiger partial charge in [-0.25, -0.2) is 4.98 Å². The Bertz CT molecular complexity index is 481. The lowest BCUT2D eigenvalue weighted by molar-refractivity contribution is -0.137. The lowest BCUT2D eigenvalue weighted by Gasteiger charge is -2.27. The van der Waals surface area contributed by atoms with E-state index in [9.17, 15) is 13.2 Å². The van der Waals surface area contributed by atoms with Crippen LogP contribution in [-0.2, 0) is 6.18 Å². The quantitative estimate of drug-likeness (QED) is 0.896. The molecule has 0 unspecified atom stereocenters. The summed E-state index contributed by atoms with van der Waals surface area (Å²) in [6, 6.07) is 0.380. The largest absolute Gasteiger partial charge is 0.421 e. The van der Waals surface area contributed by atoms with Crippen molar-refractivity contribution in [1.29, 1.82) is 0 Å². The fraction of sp³-hybridized carbons (Fsp3) is 0.692. The fourth-order valence-electron chi connectivity index (χ4n) is 2.43. The van der Waals surface area contributed by atoms with Crippen LogP contribution in [-0.4, -0.2) is 36.1 Å². The smallest absolute Gasteiger partial charge is 0.362 e. The third-order valence-electron chi connectivity index (χ3n) is 3.60. The second kappa shape index (κ2) is 6.05. The molecule has 0 saturated heterocycles. The highest BCUT2D eigenvalue weighted by Gasteiger charge is 2.36. The van der Waals surface area contributed by atoms with E-state index >= 15 is 0 Å². The van der Waals surface area contributed by atoms with Crippen LogP contribution in [0.2, 0.25) is 0 Å². The molecule has 1 aliphatic rings. The topological polar surface area (TPSA) is 67.1 Å². The predicted octanol–water partition coefficient (Wildman–Crippen LogP) is 2.24. The van der Waals surface area contributed by atoms with Crippen LogP contribution < -0.4 is 16.0 Å². The number of nitrogens with two attached hydrogens (primary N) is 1. The zero-order valence-electron chi connectivity index (χ0n) is 12.1. The van der Waals surface area contributed by atoms with Crippen LogP contribution in [0.25, 0.3) is 0 Å². The van der Waals surface area contributed by atoms with Crippen molar-refractivity contribution in [2.24, 2.45) is 5.73 Å². The highest BCUT2D eigenvalue weighted by atomic mass is 19.4. The van der Waals surface area contributed by atoms with E-state index in [0.29, 0.717) is 0 Å². The van der Waals surface area contributed by atoms with Gasteiger partial charge in [0, 0.05) is 32.4 Å². The first-order chi connectivity index (χ1) is 9.77. The molecule has 1 aliphatic carbocycles. The predicted molar refractivity (Wildman–Crippen MR) is 75.2 cm³/mol. The summed E-state index contributed by atoms with van der Waals surface area (Å²) < 4.78 is 38.7. The van der Waals surface area contributed by atoms with Crippen molar-refractivity contribution < 1.29 is 13.2 Å². The molecule has 8 heteroatoms. The van der Waals surface area contributed by atoms with Crippen LogP contribution in [0.4, 0.5) is 24.9 Å². The summed E-state index contributed by atoms with van der Waals surface area (Å²) in [6.07, 6.45) is -0.0711. The summed E-state index contributed by atoms with van der Waals surface area (Å²) in [4.78, 5) is 9.15. The van der Waals surface area contributed by atoms with E-state index < -0.39 is 11.7 Å². The van der Waals surface area contributed by atoms with Crippen molar-refractivity contribution >= 4 is 11.8 Å². The van der Waals surface area contributed by atoms with Crippen LogP contribution in [0.3, 0.4) is 0 Å². The molecule has 1 heterocycles. The van der Waals surface area contributed by atoms with Crippen molar-refractivity contribution in [1.82, 2.24) is 9.97 Å². The number of nitrogens with one attached hydrogen (secondary N) is 1. The molecule has 0 aromatic carbocycles. The van der Waals surface area contributed by atoms with Crippen molar-refractivity contribution in [2.75, 3.05) is 24.3 Å². The van der Waals surface area contributed by atoms with Gasteiger partial charge in [0.05, 0.1) is 0 Å². The van der Waals surface area contributed by atoms with Gasteiger partial charge in [-0.1, -0.05) is 0 Å². The molecule has 5 nitrogen and oxygen atoms in total. The van der Waals surface area contributed by atoms with Crippen LogP contribution in [0.5, 0.6) is 0 Å². The lowest BCUT2D eigenvalue weighted by atomic mass is 9.92. The number of hydrogen-bond donors (Lipinski definition) is 2. The minimum atomic E-state index is -4.46. The minimum absolute atomic E-state index is 0.132. The number of halogens is 3. The van der Waals surface area contributed by atoms with Crippen molar-refractivity contribution in [3.8, 4) is 0 Å². The van der Waals surface area contributed by atoms with E-state index in [2.05, 4.69) is 15.3 Å². The van der Waals surface area contributed by atoms with Gasteiger partial charge in [0.25, 0.3) is 0 Å². The Morgan fingerprint density at radius 2 is 1.86 bits per heavy atom. The Kier molecular flexibility index (Phi) is 4.55. The summed E-state index contributed by atoms with van der Waals surface area (Å²) in [5.74, 6) is 0.0969.